The van der Waals surface area contributed by atoms with Crippen LogP contribution in [0.2, 0.25) is 0 Å². The number of nitrogens with zero attached hydrogens (tertiary/aromatic N) is 2. The van der Waals surface area contributed by atoms with Crippen LogP contribution in [0.4, 0.5) is 0 Å². The molecule has 0 aliphatic carbocycles. The number of fused-ring (bicyclic) bond motifs is 1. The number of benzene rings is 1. The molecule has 1 aromatic heterocycles. The van der Waals surface area contributed by atoms with Crippen molar-refractivity contribution in [1.29, 1.82) is 0 Å². The normalized spacial score (nSPS) is 19.1. The molecule has 20 heavy (non-hydrogen) atoms. The minimum atomic E-state index is 0.174. The van der Waals surface area contributed by atoms with Gasteiger partial charge in [0.25, 0.3) is 0 Å². The molecule has 0 radical (unpaired) electrons. The lowest BCUT2D eigenvalue weighted by Gasteiger charge is -2.18. The van der Waals surface area contributed by atoms with Gasteiger partial charge in [-0.3, -0.25) is 4.68 Å². The smallest absolute Gasteiger partial charge is 0.0624 e. The highest BCUT2D eigenvalue weighted by Gasteiger charge is 2.27. The second-order valence-electron chi connectivity index (χ2n) is 5.44. The standard InChI is InChI=1S/C16H21N3S/c1-3-12-9-13(19(2)18-12)10-14(17)16-8-11-6-4-5-7-15(11)20-16/h4-7,9,14,16H,3,8,10,17H2,1-2H3. The Kier molecular flexibility index (Phi) is 3.85. The number of hydrogen-bond donors (Lipinski definition) is 1. The fraction of sp³-hybridized carbons (Fsp3) is 0.438. The van der Waals surface area contributed by atoms with Crippen LogP contribution in [0.25, 0.3) is 0 Å². The molecule has 2 N–H and O–H groups in total. The minimum absolute atomic E-state index is 0.174. The molecule has 3 nitrogen and oxygen atoms in total. The predicted molar refractivity (Wildman–Crippen MR) is 84.1 cm³/mol. The first-order valence-electron chi connectivity index (χ1n) is 7.19. The van der Waals surface area contributed by atoms with Crippen molar-refractivity contribution in [3.8, 4) is 0 Å². The predicted octanol–water partition coefficient (Wildman–Crippen LogP) is 2.57. The first-order valence-corrected chi connectivity index (χ1v) is 8.07. The van der Waals surface area contributed by atoms with E-state index in [2.05, 4.69) is 42.4 Å². The van der Waals surface area contributed by atoms with E-state index >= 15 is 0 Å². The summed E-state index contributed by atoms with van der Waals surface area (Å²) in [5, 5.41) is 4.98. The average molecular weight is 287 g/mol. The molecule has 1 aromatic carbocycles. The Labute approximate surface area is 124 Å². The van der Waals surface area contributed by atoms with Crippen molar-refractivity contribution in [3.63, 3.8) is 0 Å². The van der Waals surface area contributed by atoms with Gasteiger partial charge in [-0.1, -0.05) is 25.1 Å². The Morgan fingerprint density at radius 1 is 1.45 bits per heavy atom. The van der Waals surface area contributed by atoms with Gasteiger partial charge in [-0.05, 0) is 30.5 Å². The SMILES string of the molecule is CCc1cc(CC(N)C2Cc3ccccc3S2)n(C)n1. The molecule has 0 amide bonds. The summed E-state index contributed by atoms with van der Waals surface area (Å²) < 4.78 is 1.98. The summed E-state index contributed by atoms with van der Waals surface area (Å²) in [7, 11) is 2.01. The monoisotopic (exact) mass is 287 g/mol. The van der Waals surface area contributed by atoms with Crippen LogP contribution >= 0.6 is 11.8 Å². The third-order valence-electron chi connectivity index (χ3n) is 3.98. The molecule has 2 atom stereocenters. The first-order chi connectivity index (χ1) is 9.67. The molecule has 4 heteroatoms. The molecular formula is C16H21N3S. The maximum atomic E-state index is 6.45. The van der Waals surface area contributed by atoms with Gasteiger partial charge in [-0.25, -0.2) is 0 Å². The van der Waals surface area contributed by atoms with Crippen molar-refractivity contribution in [3.05, 3.63) is 47.3 Å². The van der Waals surface area contributed by atoms with Crippen LogP contribution in [0.5, 0.6) is 0 Å². The summed E-state index contributed by atoms with van der Waals surface area (Å²) in [6.45, 7) is 2.13. The Balaban J connectivity index is 1.69. The Bertz CT molecular complexity index is 581. The van der Waals surface area contributed by atoms with Gasteiger partial charge < -0.3 is 5.73 Å². The number of aryl methyl sites for hydroxylation is 2. The number of aromatic nitrogens is 2. The van der Waals surface area contributed by atoms with Gasteiger partial charge in [-0.2, -0.15) is 5.10 Å². The van der Waals surface area contributed by atoms with Gasteiger partial charge in [-0.15, -0.1) is 11.8 Å². The van der Waals surface area contributed by atoms with Crippen LogP contribution in [0.1, 0.15) is 23.9 Å². The quantitative estimate of drug-likeness (QED) is 0.940. The van der Waals surface area contributed by atoms with E-state index in [1.54, 1.807) is 0 Å². The molecule has 1 aliphatic heterocycles. The summed E-state index contributed by atoms with van der Waals surface area (Å²) in [6.07, 6.45) is 2.96. The van der Waals surface area contributed by atoms with Crippen LogP contribution in [0, 0.1) is 0 Å². The highest BCUT2D eigenvalue weighted by atomic mass is 32.2. The number of thioether (sulfide) groups is 1. The van der Waals surface area contributed by atoms with E-state index < -0.39 is 0 Å². The highest BCUT2D eigenvalue weighted by Crippen LogP contribution is 2.38. The average Bonchev–Trinajstić information content (AvgIpc) is 3.02. The van der Waals surface area contributed by atoms with Crippen molar-refractivity contribution in [2.45, 2.75) is 42.4 Å². The van der Waals surface area contributed by atoms with Gasteiger partial charge in [0.2, 0.25) is 0 Å². The Morgan fingerprint density at radius 3 is 2.95 bits per heavy atom. The fourth-order valence-corrected chi connectivity index (χ4v) is 4.08. The molecular weight excluding hydrogens is 266 g/mol. The molecule has 0 saturated carbocycles. The van der Waals surface area contributed by atoms with E-state index in [1.807, 2.05) is 23.5 Å². The summed E-state index contributed by atoms with van der Waals surface area (Å²) in [5.74, 6) is 0. The van der Waals surface area contributed by atoms with Crippen LogP contribution in [-0.4, -0.2) is 21.1 Å². The second kappa shape index (κ2) is 5.62. The zero-order chi connectivity index (χ0) is 14.1. The van der Waals surface area contributed by atoms with Crippen molar-refractivity contribution in [2.24, 2.45) is 12.8 Å². The van der Waals surface area contributed by atoms with E-state index in [0.29, 0.717) is 5.25 Å². The zero-order valence-corrected chi connectivity index (χ0v) is 12.9. The van der Waals surface area contributed by atoms with Gasteiger partial charge in [0.15, 0.2) is 0 Å². The van der Waals surface area contributed by atoms with Gasteiger partial charge in [0.1, 0.15) is 0 Å². The van der Waals surface area contributed by atoms with E-state index in [4.69, 9.17) is 5.73 Å². The van der Waals surface area contributed by atoms with Crippen molar-refractivity contribution in [2.75, 3.05) is 0 Å². The lowest BCUT2D eigenvalue weighted by atomic mass is 10.0. The second-order valence-corrected chi connectivity index (χ2v) is 6.72. The van der Waals surface area contributed by atoms with E-state index in [0.717, 1.165) is 25.0 Å². The van der Waals surface area contributed by atoms with Crippen LogP contribution in [0.15, 0.2) is 35.2 Å². The lowest BCUT2D eigenvalue weighted by Crippen LogP contribution is -2.35. The summed E-state index contributed by atoms with van der Waals surface area (Å²) in [6, 6.07) is 11.0. The molecule has 1 aliphatic rings. The maximum absolute atomic E-state index is 6.45. The molecule has 0 spiro atoms. The molecule has 0 fully saturated rings. The Hall–Kier alpha value is -1.26. The van der Waals surface area contributed by atoms with Gasteiger partial charge >= 0.3 is 0 Å². The van der Waals surface area contributed by atoms with Crippen molar-refractivity contribution < 1.29 is 0 Å². The topological polar surface area (TPSA) is 43.8 Å². The Morgan fingerprint density at radius 2 is 2.25 bits per heavy atom. The van der Waals surface area contributed by atoms with E-state index in [9.17, 15) is 0 Å². The number of nitrogens with two attached hydrogens (primary N) is 1. The molecule has 106 valence electrons. The molecule has 0 saturated heterocycles. The summed E-state index contributed by atoms with van der Waals surface area (Å²) in [4.78, 5) is 1.40. The van der Waals surface area contributed by atoms with Crippen LogP contribution < -0.4 is 5.73 Å². The van der Waals surface area contributed by atoms with E-state index in [1.165, 1.54) is 16.2 Å². The number of rotatable bonds is 4. The van der Waals surface area contributed by atoms with Gasteiger partial charge in [0.05, 0.1) is 5.69 Å². The molecule has 0 bridgehead atoms. The molecule has 3 rings (SSSR count). The maximum Gasteiger partial charge on any atom is 0.0624 e. The minimum Gasteiger partial charge on any atom is -0.326 e. The molecule has 2 aromatic rings. The third kappa shape index (κ3) is 2.63. The largest absolute Gasteiger partial charge is 0.326 e. The summed E-state index contributed by atoms with van der Waals surface area (Å²) >= 11 is 1.93. The van der Waals surface area contributed by atoms with Crippen molar-refractivity contribution >= 4 is 11.8 Å². The molecule has 2 heterocycles. The fourth-order valence-electron chi connectivity index (χ4n) is 2.76. The number of hydrogen-bond acceptors (Lipinski definition) is 3. The summed E-state index contributed by atoms with van der Waals surface area (Å²) in [5.41, 5.74) is 10.3. The van der Waals surface area contributed by atoms with Crippen LogP contribution in [0.3, 0.4) is 0 Å². The highest BCUT2D eigenvalue weighted by molar-refractivity contribution is 8.00. The van der Waals surface area contributed by atoms with Gasteiger partial charge in [0, 0.05) is 35.3 Å². The first kappa shape index (κ1) is 13.7. The van der Waals surface area contributed by atoms with Crippen LogP contribution in [-0.2, 0) is 26.3 Å². The lowest BCUT2D eigenvalue weighted by molar-refractivity contribution is 0.593. The molecule has 2 unspecified atom stereocenters. The zero-order valence-electron chi connectivity index (χ0n) is 12.0. The third-order valence-corrected chi connectivity index (χ3v) is 5.46. The van der Waals surface area contributed by atoms with E-state index in [-0.39, 0.29) is 6.04 Å². The van der Waals surface area contributed by atoms with Crippen molar-refractivity contribution in [1.82, 2.24) is 9.78 Å².